The maximum Gasteiger partial charge on any atom is 0.271 e. The zero-order valence-corrected chi connectivity index (χ0v) is 11.6. The van der Waals surface area contributed by atoms with Gasteiger partial charge in [0.05, 0.1) is 17.7 Å². The second kappa shape index (κ2) is 6.06. The summed E-state index contributed by atoms with van der Waals surface area (Å²) < 4.78 is 10.3. The highest BCUT2D eigenvalue weighted by Gasteiger charge is 2.36. The van der Waals surface area contributed by atoms with E-state index >= 15 is 0 Å². The van der Waals surface area contributed by atoms with Crippen molar-refractivity contribution in [1.29, 1.82) is 0 Å². The Bertz CT molecular complexity index is 555. The van der Waals surface area contributed by atoms with E-state index in [1.54, 1.807) is 0 Å². The van der Waals surface area contributed by atoms with Crippen molar-refractivity contribution in [3.63, 3.8) is 0 Å². The van der Waals surface area contributed by atoms with Crippen LogP contribution >= 0.6 is 0 Å². The van der Waals surface area contributed by atoms with Crippen LogP contribution in [0, 0.1) is 10.1 Å². The lowest BCUT2D eigenvalue weighted by Crippen LogP contribution is -2.54. The smallest absolute Gasteiger partial charge is 0.271 e. The molecule has 0 bridgehead atoms. The van der Waals surface area contributed by atoms with Gasteiger partial charge >= 0.3 is 0 Å². The van der Waals surface area contributed by atoms with Crippen LogP contribution in [0.4, 0.5) is 11.4 Å². The average Bonchev–Trinajstić information content (AvgIpc) is 2.47. The number of amides is 1. The molecule has 1 fully saturated rings. The number of nitro benzene ring substituents is 1. The molecule has 1 aromatic rings. The number of carbonyl (C=O) groups is 1. The summed E-state index contributed by atoms with van der Waals surface area (Å²) in [5.74, 6) is -0.0609. The lowest BCUT2D eigenvalue weighted by molar-refractivity contribution is -0.384. The maximum atomic E-state index is 12.3. The third-order valence-corrected chi connectivity index (χ3v) is 3.48. The molecule has 21 heavy (non-hydrogen) atoms. The number of nitro groups is 1. The van der Waals surface area contributed by atoms with Crippen LogP contribution in [0.15, 0.2) is 18.2 Å². The predicted octanol–water partition coefficient (Wildman–Crippen LogP) is 1.05. The highest BCUT2D eigenvalue weighted by molar-refractivity contribution is 5.99. The summed E-state index contributed by atoms with van der Waals surface area (Å²) in [4.78, 5) is 22.6. The molecule has 0 atom stereocenters. The van der Waals surface area contributed by atoms with Gasteiger partial charge in [-0.05, 0) is 18.9 Å². The Kier molecular flexibility index (Phi) is 4.39. The molecule has 0 radical (unpaired) electrons. The van der Waals surface area contributed by atoms with E-state index in [1.807, 2.05) is 0 Å². The first-order valence-corrected chi connectivity index (χ1v) is 6.47. The summed E-state index contributed by atoms with van der Waals surface area (Å²) in [6.07, 6.45) is 0.798. The molecule has 3 N–H and O–H groups in total. The Morgan fingerprint density at radius 3 is 2.71 bits per heavy atom. The number of nitrogens with zero attached hydrogens (tertiary/aromatic N) is 1. The first-order chi connectivity index (χ1) is 9.96. The monoisotopic (exact) mass is 295 g/mol. The van der Waals surface area contributed by atoms with Crippen molar-refractivity contribution in [3.8, 4) is 5.75 Å². The summed E-state index contributed by atoms with van der Waals surface area (Å²) in [5, 5.41) is 13.4. The van der Waals surface area contributed by atoms with Crippen molar-refractivity contribution < 1.29 is 19.2 Å². The molecule has 1 aliphatic heterocycles. The largest absolute Gasteiger partial charge is 0.495 e. The fourth-order valence-electron chi connectivity index (χ4n) is 2.12. The Morgan fingerprint density at radius 2 is 2.14 bits per heavy atom. The third-order valence-electron chi connectivity index (χ3n) is 3.48. The van der Waals surface area contributed by atoms with E-state index in [1.165, 1.54) is 25.3 Å². The number of methoxy groups -OCH3 is 1. The predicted molar refractivity (Wildman–Crippen MR) is 75.2 cm³/mol. The van der Waals surface area contributed by atoms with Gasteiger partial charge in [0.25, 0.3) is 5.69 Å². The molecule has 0 saturated carbocycles. The van der Waals surface area contributed by atoms with Crippen molar-refractivity contribution in [2.75, 3.05) is 25.6 Å². The molecule has 0 spiro atoms. The van der Waals surface area contributed by atoms with Crippen LogP contribution in [0.5, 0.6) is 5.75 Å². The second-order valence-corrected chi connectivity index (χ2v) is 4.86. The summed E-state index contributed by atoms with van der Waals surface area (Å²) in [6, 6.07) is 3.99. The SMILES string of the molecule is COc1ccc([N+](=O)[O-])cc1NC(=O)C1(N)CCOCC1. The minimum Gasteiger partial charge on any atom is -0.495 e. The van der Waals surface area contributed by atoms with Crippen LogP contribution in [-0.2, 0) is 9.53 Å². The van der Waals surface area contributed by atoms with E-state index < -0.39 is 16.4 Å². The molecule has 8 heteroatoms. The number of hydrogen-bond acceptors (Lipinski definition) is 6. The zero-order chi connectivity index (χ0) is 15.5. The van der Waals surface area contributed by atoms with E-state index in [9.17, 15) is 14.9 Å². The third kappa shape index (κ3) is 3.29. The molecule has 1 heterocycles. The van der Waals surface area contributed by atoms with Crippen molar-refractivity contribution in [3.05, 3.63) is 28.3 Å². The van der Waals surface area contributed by atoms with Crippen LogP contribution in [-0.4, -0.2) is 36.7 Å². The molecule has 1 aromatic carbocycles. The first-order valence-electron chi connectivity index (χ1n) is 6.47. The standard InChI is InChI=1S/C13H17N3O5/c1-20-11-3-2-9(16(18)19)8-10(11)15-12(17)13(14)4-6-21-7-5-13/h2-3,8H,4-7,14H2,1H3,(H,15,17). The first kappa shape index (κ1) is 15.2. The Labute approximate surface area is 121 Å². The van der Waals surface area contributed by atoms with Gasteiger partial charge in [0, 0.05) is 25.3 Å². The van der Waals surface area contributed by atoms with Gasteiger partial charge in [0.2, 0.25) is 5.91 Å². The number of carbonyl (C=O) groups excluding carboxylic acids is 1. The quantitative estimate of drug-likeness (QED) is 0.633. The van der Waals surface area contributed by atoms with Crippen LogP contribution in [0.3, 0.4) is 0 Å². The minimum atomic E-state index is -1.03. The van der Waals surface area contributed by atoms with E-state index in [0.29, 0.717) is 31.8 Å². The van der Waals surface area contributed by atoms with Crippen LogP contribution in [0.25, 0.3) is 0 Å². The maximum absolute atomic E-state index is 12.3. The van der Waals surface area contributed by atoms with Gasteiger partial charge in [0.1, 0.15) is 11.3 Å². The summed E-state index contributed by atoms with van der Waals surface area (Å²) in [7, 11) is 1.42. The van der Waals surface area contributed by atoms with Crippen molar-refractivity contribution >= 4 is 17.3 Å². The fraction of sp³-hybridized carbons (Fsp3) is 0.462. The number of benzene rings is 1. The van der Waals surface area contributed by atoms with E-state index in [-0.39, 0.29) is 11.4 Å². The van der Waals surface area contributed by atoms with Crippen molar-refractivity contribution in [1.82, 2.24) is 0 Å². The molecule has 0 aliphatic carbocycles. The van der Waals surface area contributed by atoms with Gasteiger partial charge in [-0.2, -0.15) is 0 Å². The van der Waals surface area contributed by atoms with Crippen molar-refractivity contribution in [2.45, 2.75) is 18.4 Å². The average molecular weight is 295 g/mol. The minimum absolute atomic E-state index is 0.135. The number of ether oxygens (including phenoxy) is 2. The van der Waals surface area contributed by atoms with E-state index in [0.717, 1.165) is 0 Å². The summed E-state index contributed by atoms with van der Waals surface area (Å²) >= 11 is 0. The van der Waals surface area contributed by atoms with E-state index in [4.69, 9.17) is 15.2 Å². The molecule has 2 rings (SSSR count). The molecule has 114 valence electrons. The van der Waals surface area contributed by atoms with Gasteiger partial charge in [0.15, 0.2) is 0 Å². The number of anilines is 1. The molecule has 1 saturated heterocycles. The highest BCUT2D eigenvalue weighted by atomic mass is 16.6. The Morgan fingerprint density at radius 1 is 1.48 bits per heavy atom. The summed E-state index contributed by atoms with van der Waals surface area (Å²) in [5.41, 5.74) is 5.13. The van der Waals surface area contributed by atoms with Gasteiger partial charge in [-0.25, -0.2) is 0 Å². The number of nitrogens with one attached hydrogen (secondary N) is 1. The number of rotatable bonds is 4. The molecule has 1 aliphatic rings. The number of non-ortho nitro benzene ring substituents is 1. The van der Waals surface area contributed by atoms with Gasteiger partial charge < -0.3 is 20.5 Å². The summed E-state index contributed by atoms with van der Waals surface area (Å²) in [6.45, 7) is 0.825. The van der Waals surface area contributed by atoms with Gasteiger partial charge in [-0.15, -0.1) is 0 Å². The zero-order valence-electron chi connectivity index (χ0n) is 11.6. The van der Waals surface area contributed by atoms with Gasteiger partial charge in [-0.1, -0.05) is 0 Å². The number of nitrogens with two attached hydrogens (primary N) is 1. The second-order valence-electron chi connectivity index (χ2n) is 4.86. The molecular formula is C13H17N3O5. The molecular weight excluding hydrogens is 278 g/mol. The molecule has 0 aromatic heterocycles. The Hall–Kier alpha value is -2.19. The Balaban J connectivity index is 2.23. The van der Waals surface area contributed by atoms with Crippen LogP contribution in [0.1, 0.15) is 12.8 Å². The molecule has 1 amide bonds. The lowest BCUT2D eigenvalue weighted by atomic mass is 9.90. The van der Waals surface area contributed by atoms with Crippen LogP contribution in [0.2, 0.25) is 0 Å². The number of hydrogen-bond donors (Lipinski definition) is 2. The van der Waals surface area contributed by atoms with Crippen LogP contribution < -0.4 is 15.8 Å². The van der Waals surface area contributed by atoms with Gasteiger partial charge in [-0.3, -0.25) is 14.9 Å². The molecule has 0 unspecified atom stereocenters. The highest BCUT2D eigenvalue weighted by Crippen LogP contribution is 2.30. The normalized spacial score (nSPS) is 17.0. The lowest BCUT2D eigenvalue weighted by Gasteiger charge is -2.31. The van der Waals surface area contributed by atoms with E-state index in [2.05, 4.69) is 5.32 Å². The topological polar surface area (TPSA) is 117 Å². The molecule has 8 nitrogen and oxygen atoms in total. The van der Waals surface area contributed by atoms with Crippen molar-refractivity contribution in [2.24, 2.45) is 5.73 Å². The fourth-order valence-corrected chi connectivity index (χ4v) is 2.12.